The summed E-state index contributed by atoms with van der Waals surface area (Å²) in [4.78, 5) is 12.7. The number of halogens is 2. The van der Waals surface area contributed by atoms with Crippen LogP contribution in [0.5, 0.6) is 0 Å². The number of amides is 1. The monoisotopic (exact) mass is 415 g/mol. The third-order valence-electron chi connectivity index (χ3n) is 4.45. The number of carbonyl (C=O) groups excluding carboxylic acids is 1. The van der Waals surface area contributed by atoms with E-state index in [2.05, 4.69) is 5.32 Å². The van der Waals surface area contributed by atoms with E-state index >= 15 is 0 Å². The molecular weight excluding hydrogens is 397 g/mol. The van der Waals surface area contributed by atoms with Crippen molar-refractivity contribution in [1.29, 1.82) is 0 Å². The number of hydrogen-bond donors (Lipinski definition) is 1. The number of rotatable bonds is 4. The van der Waals surface area contributed by atoms with Crippen LogP contribution in [0, 0.1) is 5.92 Å². The maximum absolute atomic E-state index is 12.6. The Bertz CT molecular complexity index is 919. The van der Waals surface area contributed by atoms with Gasteiger partial charge in [-0.25, -0.2) is 8.42 Å². The number of piperidine rings is 1. The summed E-state index contributed by atoms with van der Waals surface area (Å²) >= 11 is 12.0. The molecule has 2 heterocycles. The Morgan fingerprint density at radius 3 is 2.50 bits per heavy atom. The molecule has 1 aromatic carbocycles. The van der Waals surface area contributed by atoms with E-state index < -0.39 is 10.0 Å². The lowest BCUT2D eigenvalue weighted by molar-refractivity contribution is -0.120. The second-order valence-electron chi connectivity index (χ2n) is 6.30. The van der Waals surface area contributed by atoms with Gasteiger partial charge in [-0.15, -0.1) is 0 Å². The predicted octanol–water partition coefficient (Wildman–Crippen LogP) is 3.37. The third kappa shape index (κ3) is 4.06. The molecule has 1 saturated heterocycles. The lowest BCUT2D eigenvalue weighted by atomic mass is 9.97. The Hall–Kier alpha value is -1.54. The minimum atomic E-state index is -3.52. The molecule has 1 aliphatic heterocycles. The largest absolute Gasteiger partial charge is 0.356 e. The first-order valence-corrected chi connectivity index (χ1v) is 10.3. The van der Waals surface area contributed by atoms with Gasteiger partial charge in [-0.05, 0) is 37.1 Å². The van der Waals surface area contributed by atoms with E-state index in [-0.39, 0.29) is 16.7 Å². The highest BCUT2D eigenvalue weighted by Crippen LogP contribution is 2.28. The van der Waals surface area contributed by atoms with Crippen molar-refractivity contribution < 1.29 is 13.2 Å². The zero-order valence-corrected chi connectivity index (χ0v) is 16.5. The molecule has 1 aliphatic rings. The molecule has 26 heavy (non-hydrogen) atoms. The van der Waals surface area contributed by atoms with Gasteiger partial charge in [0, 0.05) is 43.5 Å². The first kappa shape index (κ1) is 19.2. The number of aromatic nitrogens is 1. The molecule has 1 fully saturated rings. The van der Waals surface area contributed by atoms with Crippen LogP contribution < -0.4 is 5.32 Å². The molecule has 0 bridgehead atoms. The molecule has 0 aliphatic carbocycles. The number of benzene rings is 1. The lowest BCUT2D eigenvalue weighted by Gasteiger charge is -2.30. The van der Waals surface area contributed by atoms with Crippen LogP contribution in [0.15, 0.2) is 41.6 Å². The topological polar surface area (TPSA) is 71.4 Å². The first-order valence-electron chi connectivity index (χ1n) is 8.15. The van der Waals surface area contributed by atoms with Crippen LogP contribution in [0.4, 0.5) is 5.69 Å². The number of sulfonamides is 1. The van der Waals surface area contributed by atoms with Crippen LogP contribution in [0.2, 0.25) is 10.0 Å². The molecule has 0 saturated carbocycles. The Morgan fingerprint density at radius 2 is 1.88 bits per heavy atom. The molecule has 0 radical (unpaired) electrons. The number of nitrogens with one attached hydrogen (secondary N) is 1. The van der Waals surface area contributed by atoms with Gasteiger partial charge in [0.05, 0.1) is 15.6 Å². The quantitative estimate of drug-likeness (QED) is 0.831. The molecular formula is C17H19Cl2N3O3S. The van der Waals surface area contributed by atoms with Gasteiger partial charge in [-0.3, -0.25) is 4.79 Å². The van der Waals surface area contributed by atoms with Crippen molar-refractivity contribution in [3.8, 4) is 0 Å². The van der Waals surface area contributed by atoms with Crippen LogP contribution >= 0.6 is 23.2 Å². The van der Waals surface area contributed by atoms with Crippen molar-refractivity contribution in [1.82, 2.24) is 8.87 Å². The smallest absolute Gasteiger partial charge is 0.244 e. The van der Waals surface area contributed by atoms with Crippen molar-refractivity contribution in [2.24, 2.45) is 13.0 Å². The van der Waals surface area contributed by atoms with Crippen molar-refractivity contribution in [2.75, 3.05) is 18.4 Å². The minimum absolute atomic E-state index is 0.175. The summed E-state index contributed by atoms with van der Waals surface area (Å²) in [6, 6.07) is 6.44. The highest BCUT2D eigenvalue weighted by atomic mass is 35.5. The summed E-state index contributed by atoms with van der Waals surface area (Å²) in [6.45, 7) is 0.608. The van der Waals surface area contributed by atoms with Gasteiger partial charge in [0.2, 0.25) is 15.9 Å². The van der Waals surface area contributed by atoms with Gasteiger partial charge >= 0.3 is 0 Å². The van der Waals surface area contributed by atoms with Gasteiger partial charge < -0.3 is 9.88 Å². The van der Waals surface area contributed by atoms with E-state index in [0.29, 0.717) is 41.7 Å². The molecule has 3 rings (SSSR count). The number of anilines is 1. The highest BCUT2D eigenvalue weighted by Gasteiger charge is 2.32. The zero-order valence-electron chi connectivity index (χ0n) is 14.2. The molecule has 9 heteroatoms. The van der Waals surface area contributed by atoms with E-state index in [1.165, 1.54) is 4.31 Å². The molecule has 0 unspecified atom stereocenters. The van der Waals surface area contributed by atoms with E-state index in [1.54, 1.807) is 48.3 Å². The van der Waals surface area contributed by atoms with Gasteiger partial charge in [0.15, 0.2) is 0 Å². The van der Waals surface area contributed by atoms with E-state index in [4.69, 9.17) is 23.2 Å². The average Bonchev–Trinajstić information content (AvgIpc) is 3.05. The Balaban J connectivity index is 1.63. The molecule has 1 amide bonds. The number of carbonyl (C=O) groups is 1. The maximum atomic E-state index is 12.6. The van der Waals surface area contributed by atoms with Crippen LogP contribution in [0.1, 0.15) is 12.8 Å². The van der Waals surface area contributed by atoms with Crippen LogP contribution in [0.3, 0.4) is 0 Å². The Kier molecular flexibility index (Phi) is 5.62. The molecule has 1 aromatic heterocycles. The number of hydrogen-bond acceptors (Lipinski definition) is 3. The summed E-state index contributed by atoms with van der Waals surface area (Å²) in [5, 5.41) is 3.67. The van der Waals surface area contributed by atoms with Gasteiger partial charge in [0.1, 0.15) is 0 Å². The third-order valence-corrected chi connectivity index (χ3v) is 6.90. The van der Waals surface area contributed by atoms with Gasteiger partial charge in [-0.1, -0.05) is 23.2 Å². The number of nitrogens with zero attached hydrogens (tertiary/aromatic N) is 2. The molecule has 0 spiro atoms. The summed E-state index contributed by atoms with van der Waals surface area (Å²) < 4.78 is 28.4. The molecule has 6 nitrogen and oxygen atoms in total. The summed E-state index contributed by atoms with van der Waals surface area (Å²) in [5.74, 6) is -0.446. The zero-order chi connectivity index (χ0) is 18.9. The van der Waals surface area contributed by atoms with Crippen molar-refractivity contribution in [3.05, 3.63) is 46.7 Å². The van der Waals surface area contributed by atoms with E-state index in [0.717, 1.165) is 0 Å². The average molecular weight is 416 g/mol. The van der Waals surface area contributed by atoms with Crippen molar-refractivity contribution >= 4 is 44.8 Å². The normalized spacial score (nSPS) is 16.6. The molecule has 140 valence electrons. The first-order chi connectivity index (χ1) is 12.3. The van der Waals surface area contributed by atoms with E-state index in [1.807, 2.05) is 0 Å². The van der Waals surface area contributed by atoms with E-state index in [9.17, 15) is 13.2 Å². The predicted molar refractivity (Wildman–Crippen MR) is 102 cm³/mol. The maximum Gasteiger partial charge on any atom is 0.244 e. The molecule has 2 aromatic rings. The van der Waals surface area contributed by atoms with Crippen molar-refractivity contribution in [2.45, 2.75) is 17.7 Å². The Morgan fingerprint density at radius 1 is 1.19 bits per heavy atom. The molecule has 1 N–H and O–H groups in total. The second-order valence-corrected chi connectivity index (χ2v) is 9.09. The van der Waals surface area contributed by atoms with Gasteiger partial charge in [0.25, 0.3) is 0 Å². The number of aryl methyl sites for hydroxylation is 1. The second kappa shape index (κ2) is 7.60. The SMILES string of the molecule is Cn1ccc(S(=O)(=O)N2CCC(C(=O)Nc3cc(Cl)ccc3Cl)CC2)c1. The van der Waals surface area contributed by atoms with Crippen LogP contribution in [0.25, 0.3) is 0 Å². The highest BCUT2D eigenvalue weighted by molar-refractivity contribution is 7.89. The van der Waals surface area contributed by atoms with Crippen molar-refractivity contribution in [3.63, 3.8) is 0 Å². The fraction of sp³-hybridized carbons (Fsp3) is 0.353. The summed E-state index contributed by atoms with van der Waals surface area (Å²) in [7, 11) is -1.74. The Labute approximate surface area is 162 Å². The minimum Gasteiger partial charge on any atom is -0.356 e. The fourth-order valence-corrected chi connectivity index (χ4v) is 4.82. The van der Waals surface area contributed by atoms with Gasteiger partial charge in [-0.2, -0.15) is 4.31 Å². The summed E-state index contributed by atoms with van der Waals surface area (Å²) in [6.07, 6.45) is 4.18. The lowest BCUT2D eigenvalue weighted by Crippen LogP contribution is -2.41. The molecule has 0 atom stereocenters. The summed E-state index contributed by atoms with van der Waals surface area (Å²) in [5.41, 5.74) is 0.462. The van der Waals surface area contributed by atoms with Crippen LogP contribution in [-0.4, -0.2) is 36.3 Å². The standard InChI is InChI=1S/C17H19Cl2N3O3S/c1-21-7-6-14(11-21)26(24,25)22-8-4-12(5-9-22)17(23)20-16-10-13(18)2-3-15(16)19/h2-3,6-7,10-12H,4-5,8-9H2,1H3,(H,20,23). The fourth-order valence-electron chi connectivity index (χ4n) is 2.97. The van der Waals surface area contributed by atoms with Crippen LogP contribution in [-0.2, 0) is 21.9 Å².